The van der Waals surface area contributed by atoms with Crippen molar-refractivity contribution in [3.63, 3.8) is 0 Å². The van der Waals surface area contributed by atoms with E-state index in [4.69, 9.17) is 16.3 Å². The van der Waals surface area contributed by atoms with Gasteiger partial charge in [0.25, 0.3) is 0 Å². The quantitative estimate of drug-likeness (QED) is 0.839. The normalized spacial score (nSPS) is 35.3. The van der Waals surface area contributed by atoms with E-state index in [1.54, 1.807) is 35.2 Å². The zero-order chi connectivity index (χ0) is 17.9. The highest BCUT2D eigenvalue weighted by Crippen LogP contribution is 2.56. The maximum Gasteiger partial charge on any atom is 0.310 e. The van der Waals surface area contributed by atoms with Crippen LogP contribution in [0.2, 0.25) is 5.02 Å². The summed E-state index contributed by atoms with van der Waals surface area (Å²) in [6, 6.07) is 6.69. The Kier molecular flexibility index (Phi) is 3.56. The van der Waals surface area contributed by atoms with Crippen molar-refractivity contribution in [1.29, 1.82) is 0 Å². The predicted molar refractivity (Wildman–Crippen MR) is 93.5 cm³/mol. The van der Waals surface area contributed by atoms with Crippen LogP contribution in [0.1, 0.15) is 13.3 Å². The van der Waals surface area contributed by atoms with E-state index in [1.165, 1.54) is 0 Å². The van der Waals surface area contributed by atoms with E-state index in [-0.39, 0.29) is 11.9 Å². The number of amides is 1. The van der Waals surface area contributed by atoms with Crippen molar-refractivity contribution < 1.29 is 19.4 Å². The van der Waals surface area contributed by atoms with Crippen LogP contribution in [0.3, 0.4) is 0 Å². The number of carbonyl (C=O) groups excluding carboxylic acids is 1. The van der Waals surface area contributed by atoms with Gasteiger partial charge in [-0.3, -0.25) is 9.59 Å². The average molecular weight is 360 g/mol. The van der Waals surface area contributed by atoms with Gasteiger partial charge in [-0.15, -0.1) is 6.58 Å². The molecule has 0 radical (unpaired) electrons. The molecule has 3 aliphatic heterocycles. The molecule has 2 bridgehead atoms. The lowest BCUT2D eigenvalue weighted by atomic mass is 9.74. The molecule has 1 amide bonds. The second-order valence-corrected chi connectivity index (χ2v) is 7.44. The average Bonchev–Trinajstić information content (AvgIpc) is 3.16. The van der Waals surface area contributed by atoms with Gasteiger partial charge >= 0.3 is 5.97 Å². The van der Waals surface area contributed by atoms with Crippen molar-refractivity contribution in [1.82, 2.24) is 0 Å². The van der Waals surface area contributed by atoms with E-state index in [9.17, 15) is 14.7 Å². The lowest BCUT2D eigenvalue weighted by molar-refractivity contribution is -0.146. The van der Waals surface area contributed by atoms with Gasteiger partial charge in [-0.25, -0.2) is 0 Å². The number of fused-ring (bicyclic) bond motifs is 1. The molecular formula is C19H18ClNO4. The summed E-state index contributed by atoms with van der Waals surface area (Å²) in [6.45, 7) is 5.87. The fraction of sp³-hybridized carbons (Fsp3) is 0.368. The number of rotatable bonds is 4. The number of carboxylic acid groups (broad SMARTS) is 1. The number of carbonyl (C=O) groups is 2. The molecule has 5 atom stereocenters. The number of nitrogens with zero attached hydrogens (tertiary/aromatic N) is 1. The van der Waals surface area contributed by atoms with Crippen LogP contribution in [-0.4, -0.2) is 34.7 Å². The highest BCUT2D eigenvalue weighted by atomic mass is 35.5. The SMILES string of the molecule is C=C(C)C[C@@H]1N(c2cccc(Cl)c2)C(=O)[C@@H]2[C@@H](C(=O)O)[C@H]3C=C[C@]21O3. The van der Waals surface area contributed by atoms with Crippen molar-refractivity contribution >= 4 is 29.2 Å². The Morgan fingerprint density at radius 3 is 2.88 bits per heavy atom. The Balaban J connectivity index is 1.85. The van der Waals surface area contributed by atoms with Crippen molar-refractivity contribution in [2.75, 3.05) is 4.90 Å². The molecule has 2 saturated heterocycles. The summed E-state index contributed by atoms with van der Waals surface area (Å²) in [6.07, 6.45) is 3.62. The predicted octanol–water partition coefficient (Wildman–Crippen LogP) is 3.05. The Morgan fingerprint density at radius 2 is 2.24 bits per heavy atom. The first kappa shape index (κ1) is 16.4. The van der Waals surface area contributed by atoms with E-state index in [1.807, 2.05) is 13.0 Å². The van der Waals surface area contributed by atoms with Gasteiger partial charge in [0.15, 0.2) is 0 Å². The number of carboxylic acids is 1. The van der Waals surface area contributed by atoms with Gasteiger partial charge in [-0.2, -0.15) is 0 Å². The molecule has 0 saturated carbocycles. The summed E-state index contributed by atoms with van der Waals surface area (Å²) in [5.41, 5.74) is 0.628. The maximum atomic E-state index is 13.3. The van der Waals surface area contributed by atoms with E-state index in [0.29, 0.717) is 17.1 Å². The number of ether oxygens (including phenoxy) is 1. The molecule has 6 heteroatoms. The third-order valence-corrected chi connectivity index (χ3v) is 5.57. The smallest absolute Gasteiger partial charge is 0.310 e. The first-order chi connectivity index (χ1) is 11.8. The fourth-order valence-corrected chi connectivity index (χ4v) is 4.63. The zero-order valence-electron chi connectivity index (χ0n) is 13.7. The minimum absolute atomic E-state index is 0.229. The van der Waals surface area contributed by atoms with Crippen molar-refractivity contribution in [2.45, 2.75) is 31.1 Å². The van der Waals surface area contributed by atoms with Crippen LogP contribution in [0.25, 0.3) is 0 Å². The van der Waals surface area contributed by atoms with Crippen LogP contribution in [-0.2, 0) is 14.3 Å². The molecule has 1 aromatic rings. The lowest BCUT2D eigenvalue weighted by Crippen LogP contribution is -2.45. The molecule has 2 fully saturated rings. The van der Waals surface area contributed by atoms with E-state index < -0.39 is 29.5 Å². The molecule has 0 aliphatic carbocycles. The minimum atomic E-state index is -1.00. The van der Waals surface area contributed by atoms with Crippen molar-refractivity contribution in [2.24, 2.45) is 11.8 Å². The number of anilines is 1. The van der Waals surface area contributed by atoms with Crippen LogP contribution in [0.4, 0.5) is 5.69 Å². The summed E-state index contributed by atoms with van der Waals surface area (Å²) in [7, 11) is 0. The van der Waals surface area contributed by atoms with E-state index in [2.05, 4.69) is 6.58 Å². The Labute approximate surface area is 150 Å². The number of hydrogen-bond donors (Lipinski definition) is 1. The first-order valence-corrected chi connectivity index (χ1v) is 8.56. The molecule has 25 heavy (non-hydrogen) atoms. The molecule has 3 heterocycles. The van der Waals surface area contributed by atoms with Gasteiger partial charge in [0.05, 0.1) is 18.1 Å². The van der Waals surface area contributed by atoms with E-state index >= 15 is 0 Å². The van der Waals surface area contributed by atoms with Gasteiger partial charge in [0.1, 0.15) is 11.5 Å². The second kappa shape index (κ2) is 5.44. The minimum Gasteiger partial charge on any atom is -0.481 e. The van der Waals surface area contributed by atoms with Gasteiger partial charge in [0.2, 0.25) is 5.91 Å². The first-order valence-electron chi connectivity index (χ1n) is 8.18. The molecule has 130 valence electrons. The summed E-state index contributed by atoms with van der Waals surface area (Å²) in [5.74, 6) is -2.83. The molecule has 0 unspecified atom stereocenters. The summed E-state index contributed by atoms with van der Waals surface area (Å²) >= 11 is 6.11. The highest BCUT2D eigenvalue weighted by molar-refractivity contribution is 6.31. The molecule has 5 nitrogen and oxygen atoms in total. The third-order valence-electron chi connectivity index (χ3n) is 5.34. The number of benzene rings is 1. The van der Waals surface area contributed by atoms with Crippen molar-refractivity contribution in [3.05, 3.63) is 53.6 Å². The van der Waals surface area contributed by atoms with Crippen molar-refractivity contribution in [3.8, 4) is 0 Å². The highest BCUT2D eigenvalue weighted by Gasteiger charge is 2.71. The molecule has 1 spiro atoms. The van der Waals surface area contributed by atoms with Crippen LogP contribution in [0.15, 0.2) is 48.6 Å². The van der Waals surface area contributed by atoms with Crippen LogP contribution >= 0.6 is 11.6 Å². The van der Waals surface area contributed by atoms with Crippen LogP contribution < -0.4 is 4.90 Å². The molecule has 3 aliphatic rings. The molecule has 1 N–H and O–H groups in total. The Morgan fingerprint density at radius 1 is 1.48 bits per heavy atom. The Hall–Kier alpha value is -2.11. The standard InChI is InChI=1S/C19H18ClNO4/c1-10(2)8-14-19-7-6-13(25-19)15(18(23)24)16(19)17(22)21(14)12-5-3-4-11(20)9-12/h3-7,9,13-16H,1,8H2,2H3,(H,23,24)/t13-,14+,15+,16+,19-/m1/s1. The van der Waals surface area contributed by atoms with Gasteiger partial charge < -0.3 is 14.7 Å². The third kappa shape index (κ3) is 2.19. The monoisotopic (exact) mass is 359 g/mol. The largest absolute Gasteiger partial charge is 0.481 e. The zero-order valence-corrected chi connectivity index (χ0v) is 14.4. The summed E-state index contributed by atoms with van der Waals surface area (Å²) < 4.78 is 6.10. The number of halogens is 1. The van der Waals surface area contributed by atoms with Crippen LogP contribution in [0, 0.1) is 11.8 Å². The summed E-state index contributed by atoms with van der Waals surface area (Å²) in [4.78, 5) is 26.7. The molecule has 0 aromatic heterocycles. The summed E-state index contributed by atoms with van der Waals surface area (Å²) in [5, 5.41) is 10.2. The topological polar surface area (TPSA) is 66.8 Å². The molecule has 4 rings (SSSR count). The fourth-order valence-electron chi connectivity index (χ4n) is 4.45. The lowest BCUT2D eigenvalue weighted by Gasteiger charge is -2.33. The number of hydrogen-bond acceptors (Lipinski definition) is 3. The number of aliphatic carboxylic acids is 1. The maximum absolute atomic E-state index is 13.3. The Bertz CT molecular complexity index is 819. The second-order valence-electron chi connectivity index (χ2n) is 7.00. The van der Waals surface area contributed by atoms with E-state index in [0.717, 1.165) is 5.57 Å². The van der Waals surface area contributed by atoms with Gasteiger partial charge in [0, 0.05) is 10.7 Å². The van der Waals surface area contributed by atoms with Crippen LogP contribution in [0.5, 0.6) is 0 Å². The van der Waals surface area contributed by atoms with Gasteiger partial charge in [-0.1, -0.05) is 35.4 Å². The molecular weight excluding hydrogens is 342 g/mol. The molecule has 1 aromatic carbocycles. The van der Waals surface area contributed by atoms with Gasteiger partial charge in [-0.05, 0) is 31.5 Å².